The molecule has 0 atom stereocenters. The molecule has 0 aliphatic heterocycles. The lowest BCUT2D eigenvalue weighted by Crippen LogP contribution is -2.09. The van der Waals surface area contributed by atoms with Crippen LogP contribution in [0.5, 0.6) is 0 Å². The van der Waals surface area contributed by atoms with E-state index in [1.54, 1.807) is 11.8 Å². The van der Waals surface area contributed by atoms with E-state index < -0.39 is 0 Å². The Hall–Kier alpha value is -2.64. The third-order valence-corrected chi connectivity index (χ3v) is 5.00. The number of rotatable bonds is 6. The number of para-hydroxylation sites is 1. The topological polar surface area (TPSA) is 61.4 Å². The van der Waals surface area contributed by atoms with Crippen LogP contribution in [-0.4, -0.2) is 35.5 Å². The van der Waals surface area contributed by atoms with Gasteiger partial charge in [-0.25, -0.2) is 4.68 Å². The molecular weight excluding hydrogens is 368 g/mol. The number of nitrogens with zero attached hydrogens (tertiary/aromatic N) is 6. The summed E-state index contributed by atoms with van der Waals surface area (Å²) in [4.78, 5) is 0. The maximum atomic E-state index is 6.04. The molecule has 0 saturated carbocycles. The Morgan fingerprint density at radius 2 is 1.85 bits per heavy atom. The molecule has 2 heterocycles. The molecule has 4 aromatic rings. The summed E-state index contributed by atoms with van der Waals surface area (Å²) in [5.41, 5.74) is 2.76. The second-order valence-electron chi connectivity index (χ2n) is 5.55. The van der Waals surface area contributed by atoms with Crippen LogP contribution < -0.4 is 0 Å². The summed E-state index contributed by atoms with van der Waals surface area (Å²) in [6.07, 6.45) is 1.84. The van der Waals surface area contributed by atoms with Crippen LogP contribution in [0.4, 0.5) is 0 Å². The molecule has 0 spiro atoms. The second-order valence-corrected chi connectivity index (χ2v) is 6.97. The van der Waals surface area contributed by atoms with Gasteiger partial charge in [-0.1, -0.05) is 46.8 Å². The summed E-state index contributed by atoms with van der Waals surface area (Å²) in [5.74, 6) is 1.52. The van der Waals surface area contributed by atoms with Crippen LogP contribution in [0.3, 0.4) is 0 Å². The molecular formula is C18H15ClN6S. The highest BCUT2D eigenvalue weighted by atomic mass is 35.5. The largest absolute Gasteiger partial charge is 0.272 e. The number of halogens is 1. The van der Waals surface area contributed by atoms with Gasteiger partial charge in [-0.3, -0.25) is 4.57 Å². The van der Waals surface area contributed by atoms with Crippen molar-refractivity contribution in [3.8, 4) is 5.69 Å². The lowest BCUT2D eigenvalue weighted by Gasteiger charge is -2.10. The molecule has 0 amide bonds. The SMILES string of the molecule is C=CCSc1nnc(Cn2nnc3ccccc32)n1-c1ccc(Cl)cc1. The molecule has 6 nitrogen and oxygen atoms in total. The van der Waals surface area contributed by atoms with Crippen molar-refractivity contribution >= 4 is 34.4 Å². The fourth-order valence-electron chi connectivity index (χ4n) is 2.65. The van der Waals surface area contributed by atoms with Crippen molar-refractivity contribution in [2.75, 3.05) is 5.75 Å². The van der Waals surface area contributed by atoms with Crippen LogP contribution in [0.1, 0.15) is 5.82 Å². The van der Waals surface area contributed by atoms with Crippen molar-refractivity contribution < 1.29 is 0 Å². The molecule has 0 bridgehead atoms. The van der Waals surface area contributed by atoms with Gasteiger partial charge in [-0.15, -0.1) is 21.9 Å². The first-order chi connectivity index (χ1) is 12.8. The quantitative estimate of drug-likeness (QED) is 0.372. The Morgan fingerprint density at radius 3 is 2.65 bits per heavy atom. The molecule has 0 N–H and O–H groups in total. The number of aromatic nitrogens is 6. The second kappa shape index (κ2) is 7.31. The van der Waals surface area contributed by atoms with Gasteiger partial charge < -0.3 is 0 Å². The normalized spacial score (nSPS) is 11.1. The Morgan fingerprint density at radius 1 is 1.04 bits per heavy atom. The molecule has 0 aliphatic rings. The van der Waals surface area contributed by atoms with Crippen LogP contribution in [0.25, 0.3) is 16.7 Å². The lowest BCUT2D eigenvalue weighted by atomic mass is 10.3. The third-order valence-electron chi connectivity index (χ3n) is 3.83. The highest BCUT2D eigenvalue weighted by Crippen LogP contribution is 2.24. The third kappa shape index (κ3) is 3.23. The Balaban J connectivity index is 1.76. The summed E-state index contributed by atoms with van der Waals surface area (Å²) < 4.78 is 3.84. The fourth-order valence-corrected chi connectivity index (χ4v) is 3.48. The standard InChI is InChI=1S/C18H15ClN6S/c1-2-11-26-18-22-21-17(25(18)14-9-7-13(19)8-10-14)12-24-16-6-4-3-5-15(16)20-23-24/h2-10H,1,11-12H2. The van der Waals surface area contributed by atoms with Crippen molar-refractivity contribution in [1.82, 2.24) is 29.8 Å². The van der Waals surface area contributed by atoms with E-state index in [1.165, 1.54) is 0 Å². The summed E-state index contributed by atoms with van der Waals surface area (Å²) in [6, 6.07) is 15.5. The van der Waals surface area contributed by atoms with Gasteiger partial charge in [0.15, 0.2) is 11.0 Å². The zero-order valence-electron chi connectivity index (χ0n) is 13.8. The Kier molecular flexibility index (Phi) is 4.73. The average molecular weight is 383 g/mol. The van der Waals surface area contributed by atoms with Crippen molar-refractivity contribution in [2.45, 2.75) is 11.7 Å². The van der Waals surface area contributed by atoms with E-state index >= 15 is 0 Å². The predicted octanol–water partition coefficient (Wildman–Crippen LogP) is 3.99. The zero-order valence-corrected chi connectivity index (χ0v) is 15.4. The molecule has 2 aromatic carbocycles. The van der Waals surface area contributed by atoms with E-state index in [9.17, 15) is 0 Å². The van der Waals surface area contributed by atoms with Gasteiger partial charge in [-0.05, 0) is 36.4 Å². The number of hydrogen-bond donors (Lipinski definition) is 0. The molecule has 8 heteroatoms. The van der Waals surface area contributed by atoms with Gasteiger partial charge in [0, 0.05) is 16.5 Å². The van der Waals surface area contributed by atoms with Crippen LogP contribution in [-0.2, 0) is 6.54 Å². The highest BCUT2D eigenvalue weighted by molar-refractivity contribution is 7.99. The predicted molar refractivity (Wildman–Crippen MR) is 104 cm³/mol. The maximum absolute atomic E-state index is 6.04. The van der Waals surface area contributed by atoms with Crippen LogP contribution in [0.15, 0.2) is 66.3 Å². The number of thioether (sulfide) groups is 1. The van der Waals surface area contributed by atoms with E-state index in [0.29, 0.717) is 11.6 Å². The summed E-state index contributed by atoms with van der Waals surface area (Å²) in [5, 5.41) is 18.7. The van der Waals surface area contributed by atoms with E-state index in [4.69, 9.17) is 11.6 Å². The Bertz CT molecular complexity index is 1050. The minimum atomic E-state index is 0.463. The van der Waals surface area contributed by atoms with Crippen molar-refractivity contribution in [3.05, 3.63) is 72.0 Å². The Labute approximate surface area is 159 Å². The first kappa shape index (κ1) is 16.8. The molecule has 26 heavy (non-hydrogen) atoms. The van der Waals surface area contributed by atoms with Crippen LogP contribution in [0, 0.1) is 0 Å². The van der Waals surface area contributed by atoms with Gasteiger partial charge >= 0.3 is 0 Å². The average Bonchev–Trinajstić information content (AvgIpc) is 3.26. The molecule has 4 rings (SSSR count). The van der Waals surface area contributed by atoms with Gasteiger partial charge in [0.25, 0.3) is 0 Å². The van der Waals surface area contributed by atoms with Gasteiger partial charge in [0.1, 0.15) is 12.1 Å². The fraction of sp³-hybridized carbons (Fsp3) is 0.111. The van der Waals surface area contributed by atoms with Crippen molar-refractivity contribution in [2.24, 2.45) is 0 Å². The molecule has 2 aromatic heterocycles. The monoisotopic (exact) mass is 382 g/mol. The molecule has 0 aliphatic carbocycles. The molecule has 0 saturated heterocycles. The number of hydrogen-bond acceptors (Lipinski definition) is 5. The van der Waals surface area contributed by atoms with Crippen molar-refractivity contribution in [3.63, 3.8) is 0 Å². The van der Waals surface area contributed by atoms with E-state index in [2.05, 4.69) is 27.1 Å². The summed E-state index contributed by atoms with van der Waals surface area (Å²) in [6.45, 7) is 4.24. The minimum absolute atomic E-state index is 0.463. The van der Waals surface area contributed by atoms with E-state index in [-0.39, 0.29) is 0 Å². The highest BCUT2D eigenvalue weighted by Gasteiger charge is 2.16. The van der Waals surface area contributed by atoms with Crippen LogP contribution in [0.2, 0.25) is 5.02 Å². The van der Waals surface area contributed by atoms with Crippen LogP contribution >= 0.6 is 23.4 Å². The van der Waals surface area contributed by atoms with Gasteiger partial charge in [-0.2, -0.15) is 0 Å². The van der Waals surface area contributed by atoms with Gasteiger partial charge in [0.2, 0.25) is 0 Å². The molecule has 0 fully saturated rings. The number of fused-ring (bicyclic) bond motifs is 1. The van der Waals surface area contributed by atoms with E-state index in [1.807, 2.05) is 63.9 Å². The summed E-state index contributed by atoms with van der Waals surface area (Å²) in [7, 11) is 0. The van der Waals surface area contributed by atoms with Gasteiger partial charge in [0.05, 0.1) is 5.52 Å². The lowest BCUT2D eigenvalue weighted by molar-refractivity contribution is 0.630. The maximum Gasteiger partial charge on any atom is 0.196 e. The number of benzene rings is 2. The molecule has 0 radical (unpaired) electrons. The van der Waals surface area contributed by atoms with E-state index in [0.717, 1.165) is 33.5 Å². The molecule has 0 unspecified atom stereocenters. The first-order valence-corrected chi connectivity index (χ1v) is 9.35. The first-order valence-electron chi connectivity index (χ1n) is 7.98. The molecule has 130 valence electrons. The summed E-state index contributed by atoms with van der Waals surface area (Å²) >= 11 is 7.61. The smallest absolute Gasteiger partial charge is 0.196 e. The minimum Gasteiger partial charge on any atom is -0.272 e. The van der Waals surface area contributed by atoms with Crippen molar-refractivity contribution in [1.29, 1.82) is 0 Å². The zero-order chi connectivity index (χ0) is 17.9.